The number of ether oxygens (including phenoxy) is 1. The fourth-order valence-electron chi connectivity index (χ4n) is 0.969. The van der Waals surface area contributed by atoms with Crippen molar-refractivity contribution in [2.45, 2.75) is 12.5 Å². The van der Waals surface area contributed by atoms with E-state index in [1.54, 1.807) is 0 Å². The van der Waals surface area contributed by atoms with Crippen molar-refractivity contribution in [1.29, 1.82) is 0 Å². The fraction of sp³-hybridized carbons (Fsp3) is 0.300. The van der Waals surface area contributed by atoms with Crippen LogP contribution in [0.5, 0.6) is 0 Å². The molecule has 0 unspecified atom stereocenters. The van der Waals surface area contributed by atoms with Crippen LogP contribution in [0.2, 0.25) is 6.04 Å². The molecule has 0 aliphatic carbocycles. The second-order valence-electron chi connectivity index (χ2n) is 2.86. The zero-order chi connectivity index (χ0) is 11.3. The predicted octanol–water partition coefficient (Wildman–Crippen LogP) is 3.03. The number of hydrogen-bond donors (Lipinski definition) is 0. The van der Waals surface area contributed by atoms with Gasteiger partial charge in [-0.15, -0.1) is 0 Å². The lowest BCUT2D eigenvalue weighted by molar-refractivity contribution is 0.0504. The highest BCUT2D eigenvalue weighted by Crippen LogP contribution is 2.17. The van der Waals surface area contributed by atoms with Crippen molar-refractivity contribution >= 4 is 61.4 Å². The Morgan fingerprint density at radius 2 is 2.13 bits per heavy atom. The first-order valence-electron chi connectivity index (χ1n) is 4.42. The predicted molar refractivity (Wildman–Crippen MR) is 77.3 cm³/mol. The van der Waals surface area contributed by atoms with Crippen molar-refractivity contribution in [2.24, 2.45) is 0 Å². The lowest BCUT2D eigenvalue weighted by Gasteiger charge is -2.06. The van der Waals surface area contributed by atoms with Crippen LogP contribution in [-0.4, -0.2) is 22.8 Å². The number of rotatable bonds is 4. The standard InChI is InChI=1S/C10H9I2O2Si/c11-7-2-3-9(12)8(6-7)10(13)14-4-1-5-15/h2-3,6H,1,4-5H2. The van der Waals surface area contributed by atoms with E-state index in [0.717, 1.165) is 19.6 Å². The third kappa shape index (κ3) is 4.39. The van der Waals surface area contributed by atoms with Gasteiger partial charge >= 0.3 is 5.97 Å². The smallest absolute Gasteiger partial charge is 0.339 e. The molecule has 15 heavy (non-hydrogen) atoms. The van der Waals surface area contributed by atoms with Crippen molar-refractivity contribution in [3.8, 4) is 0 Å². The minimum Gasteiger partial charge on any atom is -0.462 e. The summed E-state index contributed by atoms with van der Waals surface area (Å²) in [4.78, 5) is 11.6. The normalized spacial score (nSPS) is 10.1. The van der Waals surface area contributed by atoms with Gasteiger partial charge in [-0.05, 0) is 69.8 Å². The molecular weight excluding hydrogens is 434 g/mol. The van der Waals surface area contributed by atoms with Gasteiger partial charge in [0.25, 0.3) is 0 Å². The third-order valence-corrected chi connectivity index (χ3v) is 3.67. The Morgan fingerprint density at radius 3 is 2.80 bits per heavy atom. The summed E-state index contributed by atoms with van der Waals surface area (Å²) < 4.78 is 7.10. The van der Waals surface area contributed by atoms with Crippen LogP contribution in [0, 0.1) is 7.14 Å². The summed E-state index contributed by atoms with van der Waals surface area (Å²) in [5, 5.41) is 0. The summed E-state index contributed by atoms with van der Waals surface area (Å²) in [5.41, 5.74) is 0.650. The average molecular weight is 443 g/mol. The van der Waals surface area contributed by atoms with E-state index in [2.05, 4.69) is 55.4 Å². The average Bonchev–Trinajstić information content (AvgIpc) is 2.22. The SMILES string of the molecule is O=C(OCCC[Si])c1cc(I)ccc1I. The van der Waals surface area contributed by atoms with Crippen LogP contribution >= 0.6 is 45.2 Å². The van der Waals surface area contributed by atoms with Crippen molar-refractivity contribution in [3.05, 3.63) is 30.9 Å². The second-order valence-corrected chi connectivity index (χ2v) is 5.77. The van der Waals surface area contributed by atoms with E-state index in [0.29, 0.717) is 12.2 Å². The number of carbonyl (C=O) groups is 1. The van der Waals surface area contributed by atoms with Crippen LogP contribution in [0.4, 0.5) is 0 Å². The summed E-state index contributed by atoms with van der Waals surface area (Å²) in [6.45, 7) is 0.462. The minimum atomic E-state index is -0.238. The first-order chi connectivity index (χ1) is 7.15. The van der Waals surface area contributed by atoms with Crippen LogP contribution in [0.25, 0.3) is 0 Å². The molecule has 0 aliphatic rings. The molecule has 1 aromatic rings. The van der Waals surface area contributed by atoms with Crippen molar-refractivity contribution < 1.29 is 9.53 Å². The number of hydrogen-bond acceptors (Lipinski definition) is 2. The van der Waals surface area contributed by atoms with Gasteiger partial charge in [0, 0.05) is 17.4 Å². The van der Waals surface area contributed by atoms with E-state index in [-0.39, 0.29) is 5.97 Å². The summed E-state index contributed by atoms with van der Waals surface area (Å²) in [5.74, 6) is -0.238. The van der Waals surface area contributed by atoms with Gasteiger partial charge in [-0.3, -0.25) is 0 Å². The van der Waals surface area contributed by atoms with Gasteiger partial charge in [-0.25, -0.2) is 4.79 Å². The lowest BCUT2D eigenvalue weighted by Crippen LogP contribution is -2.08. The maximum atomic E-state index is 11.6. The quantitative estimate of drug-likeness (QED) is 0.310. The molecule has 0 heterocycles. The number of halogens is 2. The summed E-state index contributed by atoms with van der Waals surface area (Å²) in [7, 11) is 3.33. The molecule has 0 aromatic heterocycles. The maximum absolute atomic E-state index is 11.6. The summed E-state index contributed by atoms with van der Waals surface area (Å²) in [6.07, 6.45) is 0.836. The van der Waals surface area contributed by atoms with Crippen LogP contribution < -0.4 is 0 Å². The minimum absolute atomic E-state index is 0.238. The molecule has 0 atom stereocenters. The first-order valence-corrected chi connectivity index (χ1v) is 7.28. The number of carbonyl (C=O) groups excluding carboxylic acids is 1. The molecular formula is C10H9I2O2Si. The molecule has 0 aliphatic heterocycles. The molecule has 0 spiro atoms. The lowest BCUT2D eigenvalue weighted by atomic mass is 10.2. The van der Waals surface area contributed by atoms with E-state index in [4.69, 9.17) is 4.74 Å². The molecule has 1 rings (SSSR count). The molecule has 5 heteroatoms. The Kier molecular flexibility index (Phi) is 6.13. The molecule has 0 saturated heterocycles. The largest absolute Gasteiger partial charge is 0.462 e. The Morgan fingerprint density at radius 1 is 1.40 bits per heavy atom. The summed E-state index contributed by atoms with van der Waals surface area (Å²) in [6, 6.07) is 6.58. The topological polar surface area (TPSA) is 26.3 Å². The number of benzene rings is 1. The van der Waals surface area contributed by atoms with Crippen LogP contribution in [0.3, 0.4) is 0 Å². The molecule has 0 saturated carbocycles. The molecule has 3 radical (unpaired) electrons. The first kappa shape index (κ1) is 13.4. The number of esters is 1. The van der Waals surface area contributed by atoms with E-state index >= 15 is 0 Å². The zero-order valence-electron chi connectivity index (χ0n) is 7.93. The Balaban J connectivity index is 2.68. The molecule has 0 fully saturated rings. The van der Waals surface area contributed by atoms with Crippen molar-refractivity contribution in [3.63, 3.8) is 0 Å². The monoisotopic (exact) mass is 443 g/mol. The molecule has 2 nitrogen and oxygen atoms in total. The molecule has 0 amide bonds. The highest BCUT2D eigenvalue weighted by molar-refractivity contribution is 14.1. The van der Waals surface area contributed by atoms with E-state index in [1.165, 1.54) is 0 Å². The second kappa shape index (κ2) is 6.84. The van der Waals surface area contributed by atoms with E-state index < -0.39 is 0 Å². The van der Waals surface area contributed by atoms with Gasteiger partial charge in [0.15, 0.2) is 0 Å². The van der Waals surface area contributed by atoms with Gasteiger partial charge in [-0.2, -0.15) is 0 Å². The maximum Gasteiger partial charge on any atom is 0.339 e. The van der Waals surface area contributed by atoms with Crippen molar-refractivity contribution in [1.82, 2.24) is 0 Å². The van der Waals surface area contributed by atoms with Crippen LogP contribution in [0.1, 0.15) is 16.8 Å². The molecule has 0 bridgehead atoms. The molecule has 0 N–H and O–H groups in total. The Hall–Kier alpha value is 0.367. The van der Waals surface area contributed by atoms with Gasteiger partial charge in [0.05, 0.1) is 12.2 Å². The van der Waals surface area contributed by atoms with Gasteiger partial charge in [0.2, 0.25) is 0 Å². The summed E-state index contributed by atoms with van der Waals surface area (Å²) >= 11 is 4.32. The highest BCUT2D eigenvalue weighted by Gasteiger charge is 2.11. The highest BCUT2D eigenvalue weighted by atomic mass is 127. The van der Waals surface area contributed by atoms with Gasteiger partial charge in [-0.1, -0.05) is 6.04 Å². The van der Waals surface area contributed by atoms with E-state index in [1.807, 2.05) is 18.2 Å². The van der Waals surface area contributed by atoms with E-state index in [9.17, 15) is 4.79 Å². The van der Waals surface area contributed by atoms with Crippen LogP contribution in [-0.2, 0) is 4.74 Å². The fourth-order valence-corrected chi connectivity index (χ4v) is 2.16. The zero-order valence-corrected chi connectivity index (χ0v) is 13.2. The van der Waals surface area contributed by atoms with Gasteiger partial charge < -0.3 is 4.74 Å². The molecule has 79 valence electrons. The van der Waals surface area contributed by atoms with Crippen molar-refractivity contribution in [2.75, 3.05) is 6.61 Å². The molecule has 1 aromatic carbocycles. The van der Waals surface area contributed by atoms with Crippen LogP contribution in [0.15, 0.2) is 18.2 Å². The Bertz CT molecular complexity index is 355. The Labute approximate surface area is 120 Å². The third-order valence-electron chi connectivity index (χ3n) is 1.70. The van der Waals surface area contributed by atoms with Gasteiger partial charge in [0.1, 0.15) is 0 Å².